The number of nitrogens with one attached hydrogen (secondary N) is 1. The lowest BCUT2D eigenvalue weighted by Crippen LogP contribution is -2.10. The number of allylic oxidation sites excluding steroid dienone is 3. The van der Waals surface area contributed by atoms with Gasteiger partial charge in [0.25, 0.3) is 0 Å². The van der Waals surface area contributed by atoms with Crippen molar-refractivity contribution in [3.8, 4) is 0 Å². The van der Waals surface area contributed by atoms with Crippen molar-refractivity contribution in [2.45, 2.75) is 13.3 Å². The molecule has 0 aliphatic carbocycles. The first-order chi connectivity index (χ1) is 7.38. The second-order valence-corrected chi connectivity index (χ2v) is 2.88. The van der Waals surface area contributed by atoms with Gasteiger partial charge in [0.1, 0.15) is 0 Å². The second-order valence-electron chi connectivity index (χ2n) is 2.88. The van der Waals surface area contributed by atoms with Crippen molar-refractivity contribution in [1.29, 1.82) is 0 Å². The normalized spacial score (nSPS) is 20.6. The van der Waals surface area contributed by atoms with Crippen LogP contribution in [0.25, 0.3) is 0 Å². The van der Waals surface area contributed by atoms with Crippen LogP contribution in [0.5, 0.6) is 0 Å². The molecule has 0 aromatic rings. The van der Waals surface area contributed by atoms with E-state index in [4.69, 9.17) is 9.47 Å². The highest BCUT2D eigenvalue weighted by molar-refractivity contribution is 5.45. The Kier molecular flexibility index (Phi) is 5.08. The Morgan fingerprint density at radius 3 is 2.93 bits per heavy atom. The van der Waals surface area contributed by atoms with Crippen molar-refractivity contribution in [2.75, 3.05) is 13.3 Å². The summed E-state index contributed by atoms with van der Waals surface area (Å²) >= 11 is 0. The molecule has 1 heterocycles. The number of amides is 1. The molecule has 82 valence electrons. The molecule has 0 bridgehead atoms. The number of carbonyl (C=O) groups is 1. The van der Waals surface area contributed by atoms with E-state index in [0.29, 0.717) is 13.0 Å². The molecular weight excluding hydrogens is 194 g/mol. The van der Waals surface area contributed by atoms with Crippen LogP contribution in [0.4, 0.5) is 0 Å². The summed E-state index contributed by atoms with van der Waals surface area (Å²) in [7, 11) is 0. The Bertz CT molecular complexity index is 292. The van der Waals surface area contributed by atoms with Gasteiger partial charge < -0.3 is 14.8 Å². The zero-order valence-corrected chi connectivity index (χ0v) is 8.73. The molecule has 0 unspecified atom stereocenters. The Labute approximate surface area is 89.3 Å². The second kappa shape index (κ2) is 6.70. The molecule has 0 spiro atoms. The van der Waals surface area contributed by atoms with Gasteiger partial charge >= 0.3 is 0 Å². The van der Waals surface area contributed by atoms with Gasteiger partial charge in [-0.15, -0.1) is 0 Å². The minimum absolute atomic E-state index is 0.284. The van der Waals surface area contributed by atoms with E-state index in [2.05, 4.69) is 5.32 Å². The van der Waals surface area contributed by atoms with Gasteiger partial charge in [0.15, 0.2) is 11.5 Å². The van der Waals surface area contributed by atoms with Gasteiger partial charge in [-0.2, -0.15) is 0 Å². The quantitative estimate of drug-likeness (QED) is 0.551. The molecule has 1 N–H and O–H groups in total. The maximum absolute atomic E-state index is 9.94. The van der Waals surface area contributed by atoms with Crippen molar-refractivity contribution >= 4 is 6.41 Å². The molecule has 0 radical (unpaired) electrons. The Balaban J connectivity index is 2.33. The van der Waals surface area contributed by atoms with E-state index in [1.54, 1.807) is 0 Å². The molecule has 1 rings (SSSR count). The topological polar surface area (TPSA) is 47.6 Å². The van der Waals surface area contributed by atoms with Crippen LogP contribution in [-0.4, -0.2) is 19.7 Å². The summed E-state index contributed by atoms with van der Waals surface area (Å²) in [4.78, 5) is 9.94. The molecule has 1 fully saturated rings. The summed E-state index contributed by atoms with van der Waals surface area (Å²) in [5, 5.41) is 2.58. The van der Waals surface area contributed by atoms with Crippen molar-refractivity contribution in [2.24, 2.45) is 0 Å². The summed E-state index contributed by atoms with van der Waals surface area (Å²) in [6.07, 6.45) is 9.05. The molecule has 4 nitrogen and oxygen atoms in total. The summed E-state index contributed by atoms with van der Waals surface area (Å²) in [5.74, 6) is 1.52. The molecule has 1 amide bonds. The van der Waals surface area contributed by atoms with Gasteiger partial charge in [-0.05, 0) is 25.5 Å². The van der Waals surface area contributed by atoms with Crippen LogP contribution in [0.1, 0.15) is 13.3 Å². The van der Waals surface area contributed by atoms with Crippen LogP contribution in [0, 0.1) is 0 Å². The predicted molar refractivity (Wildman–Crippen MR) is 56.7 cm³/mol. The smallest absolute Gasteiger partial charge is 0.231 e. The lowest BCUT2D eigenvalue weighted by Gasteiger charge is -1.93. The molecule has 1 aliphatic rings. The van der Waals surface area contributed by atoms with Gasteiger partial charge in [0, 0.05) is 6.54 Å². The Morgan fingerprint density at radius 2 is 2.20 bits per heavy atom. The summed E-state index contributed by atoms with van der Waals surface area (Å²) in [6.45, 7) is 2.83. The van der Waals surface area contributed by atoms with E-state index in [0.717, 1.165) is 17.9 Å². The SMILES string of the molecule is C/C=C1/OCO/C1=C/C=C/CCNC=O. The van der Waals surface area contributed by atoms with E-state index < -0.39 is 0 Å². The zero-order chi connectivity index (χ0) is 10.9. The standard InChI is InChI=1S/C11H15NO3/c1-2-10-11(15-9-14-10)6-4-3-5-7-12-8-13/h2-4,6,8H,5,7,9H2,1H3,(H,12,13)/b4-3+,10-2+,11-6+. The van der Waals surface area contributed by atoms with Crippen LogP contribution in [0.2, 0.25) is 0 Å². The van der Waals surface area contributed by atoms with Gasteiger partial charge in [-0.25, -0.2) is 0 Å². The van der Waals surface area contributed by atoms with Crippen molar-refractivity contribution in [3.05, 3.63) is 35.8 Å². The fourth-order valence-electron chi connectivity index (χ4n) is 1.13. The molecule has 1 aliphatic heterocycles. The predicted octanol–water partition coefficient (Wildman–Crippen LogP) is 1.47. The van der Waals surface area contributed by atoms with E-state index in [9.17, 15) is 4.79 Å². The molecule has 0 aromatic heterocycles. The first kappa shape index (κ1) is 11.4. The number of rotatable bonds is 5. The minimum Gasteiger partial charge on any atom is -0.454 e. The lowest BCUT2D eigenvalue weighted by molar-refractivity contribution is -0.109. The highest BCUT2D eigenvalue weighted by atomic mass is 16.7. The fourth-order valence-corrected chi connectivity index (χ4v) is 1.13. The minimum atomic E-state index is 0.284. The third-order valence-corrected chi connectivity index (χ3v) is 1.86. The van der Waals surface area contributed by atoms with Gasteiger partial charge in [-0.3, -0.25) is 4.79 Å². The fraction of sp³-hybridized carbons (Fsp3) is 0.364. The number of ether oxygens (including phenoxy) is 2. The van der Waals surface area contributed by atoms with Crippen LogP contribution in [0.15, 0.2) is 35.8 Å². The van der Waals surface area contributed by atoms with E-state index >= 15 is 0 Å². The maximum atomic E-state index is 9.94. The van der Waals surface area contributed by atoms with Gasteiger partial charge in [0.2, 0.25) is 13.2 Å². The zero-order valence-electron chi connectivity index (χ0n) is 8.73. The average Bonchev–Trinajstić information content (AvgIpc) is 2.70. The summed E-state index contributed by atoms with van der Waals surface area (Å²) < 4.78 is 10.4. The molecule has 1 saturated heterocycles. The molecule has 0 saturated carbocycles. The molecule has 0 aromatic carbocycles. The molecular formula is C11H15NO3. The molecule has 4 heteroatoms. The Morgan fingerprint density at radius 1 is 1.40 bits per heavy atom. The number of carbonyl (C=O) groups excluding carboxylic acids is 1. The van der Waals surface area contributed by atoms with Gasteiger partial charge in [-0.1, -0.05) is 12.2 Å². The molecule has 0 atom stereocenters. The van der Waals surface area contributed by atoms with Crippen molar-refractivity contribution < 1.29 is 14.3 Å². The largest absolute Gasteiger partial charge is 0.454 e. The average molecular weight is 209 g/mol. The lowest BCUT2D eigenvalue weighted by atomic mass is 10.3. The highest BCUT2D eigenvalue weighted by Gasteiger charge is 2.13. The number of hydrogen-bond acceptors (Lipinski definition) is 3. The van der Waals surface area contributed by atoms with Crippen LogP contribution >= 0.6 is 0 Å². The van der Waals surface area contributed by atoms with Crippen molar-refractivity contribution in [3.63, 3.8) is 0 Å². The van der Waals surface area contributed by atoms with E-state index in [1.165, 1.54) is 0 Å². The summed E-state index contributed by atoms with van der Waals surface area (Å²) in [6, 6.07) is 0. The van der Waals surface area contributed by atoms with Crippen LogP contribution in [0.3, 0.4) is 0 Å². The van der Waals surface area contributed by atoms with Crippen LogP contribution in [-0.2, 0) is 14.3 Å². The maximum Gasteiger partial charge on any atom is 0.231 e. The van der Waals surface area contributed by atoms with Crippen molar-refractivity contribution in [1.82, 2.24) is 5.32 Å². The molecule has 15 heavy (non-hydrogen) atoms. The third kappa shape index (κ3) is 3.89. The monoisotopic (exact) mass is 209 g/mol. The van der Waals surface area contributed by atoms with Gasteiger partial charge in [0.05, 0.1) is 0 Å². The van der Waals surface area contributed by atoms with Crippen LogP contribution < -0.4 is 5.32 Å². The number of hydrogen-bond donors (Lipinski definition) is 1. The van der Waals surface area contributed by atoms with E-state index in [1.807, 2.05) is 31.2 Å². The first-order valence-corrected chi connectivity index (χ1v) is 4.84. The summed E-state index contributed by atoms with van der Waals surface area (Å²) in [5.41, 5.74) is 0. The highest BCUT2D eigenvalue weighted by Crippen LogP contribution is 2.20. The van der Waals surface area contributed by atoms with E-state index in [-0.39, 0.29) is 6.79 Å². The third-order valence-electron chi connectivity index (χ3n) is 1.86. The first-order valence-electron chi connectivity index (χ1n) is 4.84. The Hall–Kier alpha value is -1.71.